The van der Waals surface area contributed by atoms with E-state index in [1.54, 1.807) is 24.5 Å². The normalized spacial score (nSPS) is 12.7. The second-order valence-electron chi connectivity index (χ2n) is 8.53. The fourth-order valence-electron chi connectivity index (χ4n) is 4.36. The van der Waals surface area contributed by atoms with Crippen LogP contribution in [0.4, 0.5) is 10.2 Å². The number of rotatable bonds is 6. The van der Waals surface area contributed by atoms with Crippen molar-refractivity contribution in [2.45, 2.75) is 19.5 Å². The molecule has 0 fully saturated rings. The Kier molecular flexibility index (Phi) is 5.56. The summed E-state index contributed by atoms with van der Waals surface area (Å²) in [7, 11) is 4.07. The van der Waals surface area contributed by atoms with Crippen LogP contribution in [0, 0.1) is 5.82 Å². The summed E-state index contributed by atoms with van der Waals surface area (Å²) in [6.45, 7) is 1.70. The minimum atomic E-state index is -0.265. The largest absolute Gasteiger partial charge is 0.493 e. The van der Waals surface area contributed by atoms with Crippen molar-refractivity contribution in [3.8, 4) is 16.9 Å². The molecule has 0 aliphatic carbocycles. The monoisotopic (exact) mass is 444 g/mol. The van der Waals surface area contributed by atoms with E-state index >= 15 is 0 Å². The molecule has 0 atom stereocenters. The third-order valence-corrected chi connectivity index (χ3v) is 5.93. The maximum Gasteiger partial charge on any atom is 0.248 e. The molecule has 33 heavy (non-hydrogen) atoms. The molecule has 6 nitrogen and oxygen atoms in total. The van der Waals surface area contributed by atoms with E-state index in [2.05, 4.69) is 32.3 Å². The number of fused-ring (bicyclic) bond motifs is 2. The van der Waals surface area contributed by atoms with Crippen LogP contribution in [0.3, 0.4) is 0 Å². The first-order valence-electron chi connectivity index (χ1n) is 10.9. The number of H-pyrrole nitrogens is 1. The van der Waals surface area contributed by atoms with Crippen molar-refractivity contribution in [2.24, 2.45) is 0 Å². The molecule has 7 heteroatoms. The summed E-state index contributed by atoms with van der Waals surface area (Å²) in [4.78, 5) is 21.6. The molecule has 0 bridgehead atoms. The number of nitrogens with zero attached hydrogens (tertiary/aromatic N) is 2. The number of hydrogen-bond acceptors (Lipinski definition) is 5. The van der Waals surface area contributed by atoms with E-state index in [1.165, 1.54) is 11.6 Å². The van der Waals surface area contributed by atoms with Crippen LogP contribution in [0.15, 0.2) is 59.7 Å². The highest BCUT2D eigenvalue weighted by atomic mass is 19.1. The van der Waals surface area contributed by atoms with Crippen LogP contribution in [0.1, 0.15) is 16.7 Å². The zero-order chi connectivity index (χ0) is 22.9. The number of benzene rings is 2. The molecule has 0 spiro atoms. The summed E-state index contributed by atoms with van der Waals surface area (Å²) in [6.07, 6.45) is 4.11. The second-order valence-corrected chi connectivity index (χ2v) is 8.53. The minimum Gasteiger partial charge on any atom is -0.493 e. The summed E-state index contributed by atoms with van der Waals surface area (Å²) in [6, 6.07) is 13.0. The van der Waals surface area contributed by atoms with Gasteiger partial charge in [-0.05, 0) is 37.4 Å². The predicted octanol–water partition coefficient (Wildman–Crippen LogP) is 4.34. The van der Waals surface area contributed by atoms with Gasteiger partial charge in [0.25, 0.3) is 0 Å². The summed E-state index contributed by atoms with van der Waals surface area (Å²) in [5.41, 5.74) is 4.36. The van der Waals surface area contributed by atoms with Crippen molar-refractivity contribution in [3.05, 3.63) is 87.7 Å². The van der Waals surface area contributed by atoms with Gasteiger partial charge in [-0.1, -0.05) is 24.3 Å². The molecule has 168 valence electrons. The fraction of sp³-hybridized carbons (Fsp3) is 0.231. The van der Waals surface area contributed by atoms with Gasteiger partial charge in [0, 0.05) is 65.4 Å². The van der Waals surface area contributed by atoms with Crippen LogP contribution in [0.5, 0.6) is 5.75 Å². The van der Waals surface area contributed by atoms with Crippen molar-refractivity contribution in [1.82, 2.24) is 14.9 Å². The van der Waals surface area contributed by atoms with Crippen molar-refractivity contribution >= 4 is 16.6 Å². The lowest BCUT2D eigenvalue weighted by atomic mass is 10.00. The van der Waals surface area contributed by atoms with Gasteiger partial charge in [0.1, 0.15) is 17.4 Å². The Bertz CT molecular complexity index is 1380. The fourth-order valence-corrected chi connectivity index (χ4v) is 4.36. The number of halogens is 1. The molecular formula is C26H25FN4O2. The first-order valence-corrected chi connectivity index (χ1v) is 10.9. The molecule has 1 aliphatic heterocycles. The molecule has 2 aromatic heterocycles. The van der Waals surface area contributed by atoms with Crippen molar-refractivity contribution in [2.75, 3.05) is 26.0 Å². The van der Waals surface area contributed by atoms with Gasteiger partial charge in [0.2, 0.25) is 5.56 Å². The van der Waals surface area contributed by atoms with Crippen LogP contribution < -0.4 is 15.6 Å². The van der Waals surface area contributed by atoms with Gasteiger partial charge in [-0.15, -0.1) is 0 Å². The van der Waals surface area contributed by atoms with E-state index in [1.807, 2.05) is 26.2 Å². The second kappa shape index (κ2) is 8.67. The zero-order valence-electron chi connectivity index (χ0n) is 18.6. The summed E-state index contributed by atoms with van der Waals surface area (Å²) < 4.78 is 20.1. The molecular weight excluding hydrogens is 419 g/mol. The summed E-state index contributed by atoms with van der Waals surface area (Å²) in [5.74, 6) is 1.06. The standard InChI is InChI=1S/C26H25FN4O2/c1-31(2)15-16-3-5-17(6-4-16)20-12-29-26(22-14-28-25(32)11-19(20)22)30-13-21-18-9-10-33-24(18)8-7-23(21)27/h3-8,11-12,14H,9-10,13,15H2,1-2H3,(H,28,32)(H,29,30). The van der Waals surface area contributed by atoms with Crippen LogP contribution in [0.25, 0.3) is 21.9 Å². The number of hydrogen-bond donors (Lipinski definition) is 2. The molecule has 0 saturated heterocycles. The third kappa shape index (κ3) is 4.19. The number of nitrogens with one attached hydrogen (secondary N) is 2. The average Bonchev–Trinajstić information content (AvgIpc) is 3.27. The first kappa shape index (κ1) is 21.2. The highest BCUT2D eigenvalue weighted by molar-refractivity contribution is 6.01. The molecule has 3 heterocycles. The molecule has 2 aromatic carbocycles. The van der Waals surface area contributed by atoms with Crippen molar-refractivity contribution in [1.29, 1.82) is 0 Å². The van der Waals surface area contributed by atoms with Crippen LogP contribution in [-0.4, -0.2) is 35.6 Å². The number of aromatic nitrogens is 2. The lowest BCUT2D eigenvalue weighted by Gasteiger charge is -2.14. The molecule has 1 aliphatic rings. The Morgan fingerprint density at radius 1 is 1.15 bits per heavy atom. The van der Waals surface area contributed by atoms with Crippen LogP contribution in [0.2, 0.25) is 0 Å². The summed E-state index contributed by atoms with van der Waals surface area (Å²) >= 11 is 0. The molecule has 0 unspecified atom stereocenters. The van der Waals surface area contributed by atoms with Crippen LogP contribution >= 0.6 is 0 Å². The van der Waals surface area contributed by atoms with Gasteiger partial charge >= 0.3 is 0 Å². The van der Waals surface area contributed by atoms with E-state index in [0.29, 0.717) is 24.4 Å². The number of aromatic amines is 1. The molecule has 0 radical (unpaired) electrons. The highest BCUT2D eigenvalue weighted by Gasteiger charge is 2.20. The molecule has 2 N–H and O–H groups in total. The number of anilines is 1. The highest BCUT2D eigenvalue weighted by Crippen LogP contribution is 2.33. The quantitative estimate of drug-likeness (QED) is 0.463. The van der Waals surface area contributed by atoms with E-state index in [0.717, 1.165) is 39.8 Å². The predicted molar refractivity (Wildman–Crippen MR) is 128 cm³/mol. The summed E-state index contributed by atoms with van der Waals surface area (Å²) in [5, 5.41) is 4.83. The first-order chi connectivity index (χ1) is 16.0. The van der Waals surface area contributed by atoms with Gasteiger partial charge < -0.3 is 19.9 Å². The number of ether oxygens (including phenoxy) is 1. The van der Waals surface area contributed by atoms with Gasteiger partial charge in [-0.3, -0.25) is 4.79 Å². The van der Waals surface area contributed by atoms with Gasteiger partial charge in [-0.2, -0.15) is 0 Å². The Morgan fingerprint density at radius 3 is 2.76 bits per heavy atom. The van der Waals surface area contributed by atoms with Crippen molar-refractivity contribution in [3.63, 3.8) is 0 Å². The van der Waals surface area contributed by atoms with E-state index in [4.69, 9.17) is 4.74 Å². The van der Waals surface area contributed by atoms with Crippen molar-refractivity contribution < 1.29 is 9.13 Å². The Balaban J connectivity index is 1.50. The number of pyridine rings is 2. The van der Waals surface area contributed by atoms with Gasteiger partial charge in [0.05, 0.1) is 6.61 Å². The molecule has 4 aromatic rings. The molecule has 0 amide bonds. The third-order valence-electron chi connectivity index (χ3n) is 5.93. The van der Waals surface area contributed by atoms with Gasteiger partial charge in [-0.25, -0.2) is 9.37 Å². The van der Waals surface area contributed by atoms with Gasteiger partial charge in [0.15, 0.2) is 0 Å². The Hall–Kier alpha value is -3.71. The van der Waals surface area contributed by atoms with Crippen LogP contribution in [-0.2, 0) is 19.5 Å². The minimum absolute atomic E-state index is 0.186. The molecule has 5 rings (SSSR count). The topological polar surface area (TPSA) is 70.2 Å². The van der Waals surface area contributed by atoms with E-state index in [9.17, 15) is 9.18 Å². The Labute approximate surface area is 191 Å². The smallest absolute Gasteiger partial charge is 0.248 e. The average molecular weight is 445 g/mol. The maximum atomic E-state index is 14.5. The maximum absolute atomic E-state index is 14.5. The lowest BCUT2D eigenvalue weighted by molar-refractivity contribution is 0.356. The SMILES string of the molecule is CN(C)Cc1ccc(-c2cnc(NCc3c(F)ccc4c3CCO4)c3c[nH]c(=O)cc23)cc1. The Morgan fingerprint density at radius 2 is 1.97 bits per heavy atom. The van der Waals surface area contributed by atoms with E-state index in [-0.39, 0.29) is 17.9 Å². The zero-order valence-corrected chi connectivity index (χ0v) is 18.6. The molecule has 0 saturated carbocycles. The van der Waals surface area contributed by atoms with E-state index < -0.39 is 0 Å². The lowest BCUT2D eigenvalue weighted by Crippen LogP contribution is -2.10.